The largest absolute Gasteiger partial charge is 0.351 e. The van der Waals surface area contributed by atoms with E-state index >= 15 is 0 Å². The first-order valence-corrected chi connectivity index (χ1v) is 13.7. The Hall–Kier alpha value is -0.910. The molecule has 1 aliphatic heterocycles. The maximum Gasteiger partial charge on any atom is 0.217 e. The summed E-state index contributed by atoms with van der Waals surface area (Å²) in [6, 6.07) is 6.10. The van der Waals surface area contributed by atoms with Gasteiger partial charge in [0.05, 0.1) is 6.04 Å². The maximum atomic E-state index is 11.1. The van der Waals surface area contributed by atoms with E-state index in [2.05, 4.69) is 66.1 Å². The SMILES string of the molecule is C/C=C(\S)Br.C=C1CC(NC(C)=O)CN1c1ccc(C)c(Cl)c1.CCCCCCC(C)CC. The summed E-state index contributed by atoms with van der Waals surface area (Å²) in [5, 5.41) is 3.68. The minimum Gasteiger partial charge on any atom is -0.351 e. The van der Waals surface area contributed by atoms with Crippen LogP contribution in [0.25, 0.3) is 0 Å². The number of anilines is 1. The molecule has 3 nitrogen and oxygen atoms in total. The molecule has 0 aromatic heterocycles. The monoisotopic (exact) mass is 558 g/mol. The second-order valence-corrected chi connectivity index (χ2v) is 11.0. The Morgan fingerprint density at radius 3 is 2.48 bits per heavy atom. The van der Waals surface area contributed by atoms with Crippen LogP contribution in [-0.2, 0) is 4.79 Å². The average Bonchev–Trinajstić information content (AvgIpc) is 3.13. The van der Waals surface area contributed by atoms with Crippen LogP contribution in [0.15, 0.2) is 40.4 Å². The van der Waals surface area contributed by atoms with E-state index in [0.717, 1.165) is 44.7 Å². The molecule has 0 spiro atoms. The van der Waals surface area contributed by atoms with Crippen LogP contribution < -0.4 is 10.2 Å². The van der Waals surface area contributed by atoms with Crippen LogP contribution in [0, 0.1) is 12.8 Å². The lowest BCUT2D eigenvalue weighted by Crippen LogP contribution is -2.35. The van der Waals surface area contributed by atoms with Gasteiger partial charge in [-0.15, -0.1) is 12.6 Å². The molecule has 1 aromatic rings. The van der Waals surface area contributed by atoms with Gasteiger partial charge in [-0.25, -0.2) is 0 Å². The van der Waals surface area contributed by atoms with Crippen LogP contribution in [0.4, 0.5) is 5.69 Å². The molecule has 1 fully saturated rings. The van der Waals surface area contributed by atoms with Gasteiger partial charge in [-0.2, -0.15) is 0 Å². The van der Waals surface area contributed by atoms with Gasteiger partial charge < -0.3 is 10.2 Å². The van der Waals surface area contributed by atoms with Crippen LogP contribution in [-0.4, -0.2) is 18.5 Å². The molecular formula is C27H44BrClN2OS. The van der Waals surface area contributed by atoms with Crippen molar-refractivity contribution in [1.29, 1.82) is 0 Å². The topological polar surface area (TPSA) is 32.3 Å². The molecule has 1 saturated heterocycles. The Kier molecular flexibility index (Phi) is 17.9. The van der Waals surface area contributed by atoms with Crippen molar-refractivity contribution < 1.29 is 4.79 Å². The van der Waals surface area contributed by atoms with Gasteiger partial charge >= 0.3 is 0 Å². The Labute approximate surface area is 222 Å². The number of allylic oxidation sites excluding steroid dienone is 1. The minimum atomic E-state index is -0.00316. The Balaban J connectivity index is 0.000000576. The van der Waals surface area contributed by atoms with Crippen molar-refractivity contribution >= 4 is 51.8 Å². The fraction of sp³-hybridized carbons (Fsp3) is 0.593. The first kappa shape index (κ1) is 32.1. The lowest BCUT2D eigenvalue weighted by atomic mass is 10.0. The third-order valence-electron chi connectivity index (χ3n) is 5.63. The summed E-state index contributed by atoms with van der Waals surface area (Å²) >= 11 is 13.1. The molecule has 2 rings (SSSR count). The second kappa shape index (κ2) is 18.4. The Morgan fingerprint density at radius 2 is 2.00 bits per heavy atom. The van der Waals surface area contributed by atoms with Gasteiger partial charge in [-0.1, -0.05) is 89.6 Å². The summed E-state index contributed by atoms with van der Waals surface area (Å²) in [5.74, 6) is 0.952. The number of thiol groups is 1. The zero-order chi connectivity index (χ0) is 25.4. The van der Waals surface area contributed by atoms with Gasteiger partial charge in [-0.3, -0.25) is 4.79 Å². The summed E-state index contributed by atoms with van der Waals surface area (Å²) in [4.78, 5) is 13.2. The third-order valence-corrected chi connectivity index (χ3v) is 6.75. The summed E-state index contributed by atoms with van der Waals surface area (Å²) < 4.78 is 0.887. The van der Waals surface area contributed by atoms with Crippen molar-refractivity contribution in [1.82, 2.24) is 5.32 Å². The maximum absolute atomic E-state index is 11.1. The summed E-state index contributed by atoms with van der Waals surface area (Å²) in [6.45, 7) is 17.1. The van der Waals surface area contributed by atoms with Crippen molar-refractivity contribution in [2.75, 3.05) is 11.4 Å². The molecule has 0 bridgehead atoms. The van der Waals surface area contributed by atoms with E-state index in [1.807, 2.05) is 38.1 Å². The Bertz CT molecular complexity index is 750. The smallest absolute Gasteiger partial charge is 0.217 e. The number of aryl methyl sites for hydroxylation is 1. The van der Waals surface area contributed by atoms with E-state index in [9.17, 15) is 4.79 Å². The highest BCUT2D eigenvalue weighted by Crippen LogP contribution is 2.30. The van der Waals surface area contributed by atoms with E-state index in [0.29, 0.717) is 0 Å². The van der Waals surface area contributed by atoms with Gasteiger partial charge in [0.2, 0.25) is 5.91 Å². The quantitative estimate of drug-likeness (QED) is 0.246. The number of carbonyl (C=O) groups is 1. The molecule has 188 valence electrons. The van der Waals surface area contributed by atoms with Crippen LogP contribution >= 0.6 is 40.2 Å². The summed E-state index contributed by atoms with van der Waals surface area (Å²) in [7, 11) is 0. The zero-order valence-corrected chi connectivity index (χ0v) is 24.6. The normalized spacial score (nSPS) is 16.4. The number of carbonyl (C=O) groups excluding carboxylic acids is 1. The molecule has 6 heteroatoms. The van der Waals surface area contributed by atoms with Crippen molar-refractivity contribution in [3.63, 3.8) is 0 Å². The van der Waals surface area contributed by atoms with Crippen molar-refractivity contribution in [3.8, 4) is 0 Å². The van der Waals surface area contributed by atoms with Crippen LogP contribution in [0.5, 0.6) is 0 Å². The van der Waals surface area contributed by atoms with Gasteiger partial charge in [0.25, 0.3) is 0 Å². The molecule has 33 heavy (non-hydrogen) atoms. The molecule has 0 radical (unpaired) electrons. The van der Waals surface area contributed by atoms with E-state index in [1.54, 1.807) is 0 Å². The molecule has 1 aliphatic rings. The fourth-order valence-corrected chi connectivity index (χ4v) is 3.53. The zero-order valence-electron chi connectivity index (χ0n) is 21.4. The highest BCUT2D eigenvalue weighted by atomic mass is 79.9. The van der Waals surface area contributed by atoms with Gasteiger partial charge in [0, 0.05) is 40.1 Å². The van der Waals surface area contributed by atoms with Gasteiger partial charge in [0.15, 0.2) is 0 Å². The van der Waals surface area contributed by atoms with E-state index in [4.69, 9.17) is 11.6 Å². The molecule has 1 heterocycles. The summed E-state index contributed by atoms with van der Waals surface area (Å²) in [6.07, 6.45) is 11.1. The molecule has 2 unspecified atom stereocenters. The lowest BCUT2D eigenvalue weighted by Gasteiger charge is -2.20. The molecule has 2 atom stereocenters. The number of amides is 1. The van der Waals surface area contributed by atoms with Crippen LogP contribution in [0.1, 0.15) is 85.1 Å². The summed E-state index contributed by atoms with van der Waals surface area (Å²) in [5.41, 5.74) is 3.10. The molecule has 0 aliphatic carbocycles. The highest BCUT2D eigenvalue weighted by molar-refractivity contribution is 9.13. The average molecular weight is 560 g/mol. The number of nitrogens with one attached hydrogen (secondary N) is 1. The standard InChI is InChI=1S/C14H17ClN2O.C10H22.C3H5BrS/c1-9-4-5-13(7-14(9)15)17-8-12(6-10(17)2)16-11(3)18;1-4-6-7-8-9-10(3)5-2;1-2-3(4)5/h4-5,7,12H,2,6,8H2,1,3H3,(H,16,18);10H,4-9H2,1-3H3;2,5H,1H3/b;;3-2-. The number of benzene rings is 1. The molecule has 0 saturated carbocycles. The Morgan fingerprint density at radius 1 is 1.36 bits per heavy atom. The number of hydrogen-bond donors (Lipinski definition) is 2. The minimum absolute atomic E-state index is 0.00316. The van der Waals surface area contributed by atoms with Gasteiger partial charge in [0.1, 0.15) is 0 Å². The molecule has 1 amide bonds. The predicted octanol–water partition coefficient (Wildman–Crippen LogP) is 9.05. The second-order valence-electron chi connectivity index (χ2n) is 8.69. The van der Waals surface area contributed by atoms with Gasteiger partial charge in [-0.05, 0) is 53.4 Å². The third kappa shape index (κ3) is 14.9. The number of rotatable bonds is 8. The van der Waals surface area contributed by atoms with E-state index in [1.165, 1.54) is 45.4 Å². The molecule has 1 N–H and O–H groups in total. The number of halogens is 2. The van der Waals surface area contributed by atoms with Crippen molar-refractivity contribution in [3.05, 3.63) is 51.0 Å². The van der Waals surface area contributed by atoms with Crippen molar-refractivity contribution in [2.45, 2.75) is 92.5 Å². The van der Waals surface area contributed by atoms with Crippen LogP contribution in [0.2, 0.25) is 5.02 Å². The molecular weight excluding hydrogens is 516 g/mol. The predicted molar refractivity (Wildman–Crippen MR) is 155 cm³/mol. The lowest BCUT2D eigenvalue weighted by molar-refractivity contribution is -0.119. The number of unbranched alkanes of at least 4 members (excludes halogenated alkanes) is 3. The first-order chi connectivity index (χ1) is 15.5. The van der Waals surface area contributed by atoms with Crippen molar-refractivity contribution in [2.24, 2.45) is 5.92 Å². The number of hydrogen-bond acceptors (Lipinski definition) is 3. The van der Waals surface area contributed by atoms with E-state index < -0.39 is 0 Å². The highest BCUT2D eigenvalue weighted by Gasteiger charge is 2.26. The van der Waals surface area contributed by atoms with Crippen LogP contribution in [0.3, 0.4) is 0 Å². The fourth-order valence-electron chi connectivity index (χ4n) is 3.35. The van der Waals surface area contributed by atoms with E-state index in [-0.39, 0.29) is 11.9 Å². The first-order valence-electron chi connectivity index (χ1n) is 12.0. The molecule has 1 aromatic carbocycles. The number of nitrogens with zero attached hydrogens (tertiary/aromatic N) is 1.